The molecule has 96 valence electrons. The molecule has 2 N–H and O–H groups in total. The van der Waals surface area contributed by atoms with Gasteiger partial charge in [0.2, 0.25) is 0 Å². The van der Waals surface area contributed by atoms with Crippen LogP contribution >= 0.6 is 12.4 Å². The Kier molecular flexibility index (Phi) is 4.92. The SMILES string of the molecule is CC1(C)CN(Cc2ccncc2)CCC1N.Cl. The van der Waals surface area contributed by atoms with Crippen molar-refractivity contribution in [2.24, 2.45) is 11.1 Å². The normalized spacial score (nSPS) is 24.1. The number of halogens is 1. The van der Waals surface area contributed by atoms with Crippen molar-refractivity contribution in [3.8, 4) is 0 Å². The van der Waals surface area contributed by atoms with Crippen LogP contribution in [0.15, 0.2) is 24.5 Å². The molecule has 0 bridgehead atoms. The summed E-state index contributed by atoms with van der Waals surface area (Å²) in [6.07, 6.45) is 4.81. The second kappa shape index (κ2) is 5.80. The number of aromatic nitrogens is 1. The lowest BCUT2D eigenvalue weighted by molar-refractivity contribution is 0.0899. The van der Waals surface area contributed by atoms with Crippen molar-refractivity contribution < 1.29 is 0 Å². The minimum Gasteiger partial charge on any atom is -0.327 e. The van der Waals surface area contributed by atoms with Crippen LogP contribution in [0, 0.1) is 5.41 Å². The maximum Gasteiger partial charge on any atom is 0.0271 e. The first-order valence-corrected chi connectivity index (χ1v) is 5.95. The third-order valence-electron chi connectivity index (χ3n) is 3.55. The maximum atomic E-state index is 6.13. The number of hydrogen-bond donors (Lipinski definition) is 1. The van der Waals surface area contributed by atoms with Crippen molar-refractivity contribution in [2.75, 3.05) is 13.1 Å². The standard InChI is InChI=1S/C13H21N3.ClH/c1-13(2)10-16(8-5-12(13)14)9-11-3-6-15-7-4-11;/h3-4,6-7,12H,5,8-10,14H2,1-2H3;1H. The van der Waals surface area contributed by atoms with Crippen LogP contribution in [0.25, 0.3) is 0 Å². The van der Waals surface area contributed by atoms with Crippen LogP contribution in [0.4, 0.5) is 0 Å². The maximum absolute atomic E-state index is 6.13. The first-order valence-electron chi connectivity index (χ1n) is 5.95. The van der Waals surface area contributed by atoms with Gasteiger partial charge in [-0.25, -0.2) is 0 Å². The zero-order chi connectivity index (χ0) is 11.6. The second-order valence-corrected chi connectivity index (χ2v) is 5.45. The molecule has 1 unspecified atom stereocenters. The van der Waals surface area contributed by atoms with Crippen LogP contribution in [0.3, 0.4) is 0 Å². The van der Waals surface area contributed by atoms with E-state index >= 15 is 0 Å². The van der Waals surface area contributed by atoms with Gasteiger partial charge >= 0.3 is 0 Å². The first kappa shape index (κ1) is 14.4. The van der Waals surface area contributed by atoms with E-state index < -0.39 is 0 Å². The van der Waals surface area contributed by atoms with Crippen LogP contribution in [-0.4, -0.2) is 29.0 Å². The molecule has 0 saturated carbocycles. The number of pyridine rings is 1. The van der Waals surface area contributed by atoms with Crippen molar-refractivity contribution in [3.63, 3.8) is 0 Å². The molecule has 0 amide bonds. The van der Waals surface area contributed by atoms with Crippen molar-refractivity contribution >= 4 is 12.4 Å². The summed E-state index contributed by atoms with van der Waals surface area (Å²) in [5.41, 5.74) is 7.69. The topological polar surface area (TPSA) is 42.2 Å². The molecule has 1 saturated heterocycles. The molecule has 1 aromatic heterocycles. The van der Waals surface area contributed by atoms with Crippen molar-refractivity contribution in [2.45, 2.75) is 32.9 Å². The highest BCUT2D eigenvalue weighted by Crippen LogP contribution is 2.28. The summed E-state index contributed by atoms with van der Waals surface area (Å²) in [6, 6.07) is 4.50. The van der Waals surface area contributed by atoms with E-state index in [1.54, 1.807) is 0 Å². The van der Waals surface area contributed by atoms with Gasteiger partial charge in [-0.1, -0.05) is 13.8 Å². The van der Waals surface area contributed by atoms with Crippen LogP contribution in [0.2, 0.25) is 0 Å². The molecule has 0 aliphatic carbocycles. The highest BCUT2D eigenvalue weighted by atomic mass is 35.5. The van der Waals surface area contributed by atoms with Crippen molar-refractivity contribution in [1.82, 2.24) is 9.88 Å². The summed E-state index contributed by atoms with van der Waals surface area (Å²) >= 11 is 0. The fraction of sp³-hybridized carbons (Fsp3) is 0.615. The van der Waals surface area contributed by atoms with Crippen LogP contribution in [-0.2, 0) is 6.54 Å². The molecule has 17 heavy (non-hydrogen) atoms. The lowest BCUT2D eigenvalue weighted by Gasteiger charge is -2.42. The van der Waals surface area contributed by atoms with E-state index in [0.717, 1.165) is 26.1 Å². The summed E-state index contributed by atoms with van der Waals surface area (Å²) < 4.78 is 0. The minimum absolute atomic E-state index is 0. The van der Waals surface area contributed by atoms with Gasteiger partial charge < -0.3 is 5.73 Å². The van der Waals surface area contributed by atoms with Gasteiger partial charge in [-0.15, -0.1) is 12.4 Å². The van der Waals surface area contributed by atoms with Gasteiger partial charge in [0, 0.05) is 38.1 Å². The Labute approximate surface area is 110 Å². The predicted octanol–water partition coefficient (Wildman–Crippen LogP) is 2.06. The van der Waals surface area contributed by atoms with E-state index in [0.29, 0.717) is 6.04 Å². The molecule has 1 atom stereocenters. The van der Waals surface area contributed by atoms with E-state index in [2.05, 4.69) is 35.9 Å². The Morgan fingerprint density at radius 3 is 2.65 bits per heavy atom. The molecule has 3 nitrogen and oxygen atoms in total. The fourth-order valence-electron chi connectivity index (χ4n) is 2.37. The zero-order valence-electron chi connectivity index (χ0n) is 10.6. The predicted molar refractivity (Wildman–Crippen MR) is 73.1 cm³/mol. The number of hydrogen-bond acceptors (Lipinski definition) is 3. The molecule has 1 aliphatic heterocycles. The van der Waals surface area contributed by atoms with E-state index in [9.17, 15) is 0 Å². The van der Waals surface area contributed by atoms with Gasteiger partial charge in [0.15, 0.2) is 0 Å². The monoisotopic (exact) mass is 255 g/mol. The third kappa shape index (κ3) is 3.66. The van der Waals surface area contributed by atoms with Gasteiger partial charge in [0.25, 0.3) is 0 Å². The smallest absolute Gasteiger partial charge is 0.0271 e. The number of nitrogens with zero attached hydrogens (tertiary/aromatic N) is 2. The Bertz CT molecular complexity index is 340. The molecule has 1 aliphatic rings. The number of nitrogens with two attached hydrogens (primary N) is 1. The average Bonchev–Trinajstić information content (AvgIpc) is 2.25. The number of piperidine rings is 1. The molecular formula is C13H22ClN3. The van der Waals surface area contributed by atoms with Gasteiger partial charge in [-0.05, 0) is 29.5 Å². The summed E-state index contributed by atoms with van der Waals surface area (Å²) in [7, 11) is 0. The largest absolute Gasteiger partial charge is 0.327 e. The lowest BCUT2D eigenvalue weighted by atomic mass is 9.79. The van der Waals surface area contributed by atoms with E-state index in [-0.39, 0.29) is 17.8 Å². The summed E-state index contributed by atoms with van der Waals surface area (Å²) in [5.74, 6) is 0. The van der Waals surface area contributed by atoms with Gasteiger partial charge in [0.1, 0.15) is 0 Å². The quantitative estimate of drug-likeness (QED) is 0.880. The molecule has 0 radical (unpaired) electrons. The summed E-state index contributed by atoms with van der Waals surface area (Å²) in [5, 5.41) is 0. The molecule has 4 heteroatoms. The van der Waals surface area contributed by atoms with E-state index in [4.69, 9.17) is 5.73 Å². The fourth-order valence-corrected chi connectivity index (χ4v) is 2.37. The van der Waals surface area contributed by atoms with Gasteiger partial charge in [0.05, 0.1) is 0 Å². The second-order valence-electron chi connectivity index (χ2n) is 5.45. The minimum atomic E-state index is 0. The molecule has 2 heterocycles. The average molecular weight is 256 g/mol. The number of rotatable bonds is 2. The lowest BCUT2D eigenvalue weighted by Crippen LogP contribution is -2.52. The molecule has 1 fully saturated rings. The Morgan fingerprint density at radius 1 is 1.41 bits per heavy atom. The molecule has 2 rings (SSSR count). The first-order chi connectivity index (χ1) is 7.58. The summed E-state index contributed by atoms with van der Waals surface area (Å²) in [6.45, 7) is 7.72. The van der Waals surface area contributed by atoms with Gasteiger partial charge in [-0.2, -0.15) is 0 Å². The highest BCUT2D eigenvalue weighted by Gasteiger charge is 2.33. The zero-order valence-corrected chi connectivity index (χ0v) is 11.4. The highest BCUT2D eigenvalue weighted by molar-refractivity contribution is 5.85. The Hall–Kier alpha value is -0.640. The third-order valence-corrected chi connectivity index (χ3v) is 3.55. The van der Waals surface area contributed by atoms with Crippen LogP contribution < -0.4 is 5.73 Å². The number of likely N-dealkylation sites (tertiary alicyclic amines) is 1. The Balaban J connectivity index is 0.00000144. The molecular weight excluding hydrogens is 234 g/mol. The van der Waals surface area contributed by atoms with Gasteiger partial charge in [-0.3, -0.25) is 9.88 Å². The molecule has 0 spiro atoms. The Morgan fingerprint density at radius 2 is 2.06 bits per heavy atom. The molecule has 0 aromatic carbocycles. The van der Waals surface area contributed by atoms with Crippen LogP contribution in [0.1, 0.15) is 25.8 Å². The van der Waals surface area contributed by atoms with Crippen molar-refractivity contribution in [1.29, 1.82) is 0 Å². The molecule has 1 aromatic rings. The van der Waals surface area contributed by atoms with E-state index in [1.165, 1.54) is 5.56 Å². The van der Waals surface area contributed by atoms with Crippen molar-refractivity contribution in [3.05, 3.63) is 30.1 Å². The van der Waals surface area contributed by atoms with E-state index in [1.807, 2.05) is 12.4 Å². The summed E-state index contributed by atoms with van der Waals surface area (Å²) in [4.78, 5) is 6.53. The van der Waals surface area contributed by atoms with Crippen LogP contribution in [0.5, 0.6) is 0 Å².